The van der Waals surface area contributed by atoms with Crippen LogP contribution in [0.2, 0.25) is 0 Å². The summed E-state index contributed by atoms with van der Waals surface area (Å²) in [5.74, 6) is -0.872. The van der Waals surface area contributed by atoms with Crippen molar-refractivity contribution in [1.82, 2.24) is 14.6 Å². The predicted octanol–water partition coefficient (Wildman–Crippen LogP) is 0.612. The largest absolute Gasteiger partial charge is 0.493 e. The van der Waals surface area contributed by atoms with Crippen molar-refractivity contribution < 1.29 is 14.6 Å². The fraction of sp³-hybridized carbons (Fsp3) is 0.222. The van der Waals surface area contributed by atoms with Crippen LogP contribution in [0.5, 0.6) is 5.88 Å². The maximum absolute atomic E-state index is 11.4. The molecular formula is C9H9N3O3. The Hall–Kier alpha value is -2.11. The molecule has 0 amide bonds. The number of nitrogens with zero attached hydrogens (tertiary/aromatic N) is 3. The molecule has 2 heterocycles. The quantitative estimate of drug-likeness (QED) is 0.730. The number of carbonyl (C=O) groups is 1. The summed E-state index contributed by atoms with van der Waals surface area (Å²) in [6.07, 6.45) is 2.75. The average Bonchev–Trinajstić information content (AvgIpc) is 2.67. The maximum atomic E-state index is 11.4. The number of hydrogen-bond donors (Lipinski definition) is 1. The maximum Gasteiger partial charge on any atom is 0.345 e. The van der Waals surface area contributed by atoms with Crippen LogP contribution in [0, 0.1) is 0 Å². The van der Waals surface area contributed by atoms with Crippen LogP contribution in [0.4, 0.5) is 0 Å². The fourth-order valence-corrected chi connectivity index (χ4v) is 1.21. The van der Waals surface area contributed by atoms with E-state index in [1.807, 2.05) is 0 Å². The number of hydrogen-bond acceptors (Lipinski definition) is 5. The molecule has 15 heavy (non-hydrogen) atoms. The first-order valence-corrected chi connectivity index (χ1v) is 4.43. The zero-order valence-corrected chi connectivity index (χ0v) is 8.04. The number of aromatic nitrogens is 3. The summed E-state index contributed by atoms with van der Waals surface area (Å²) in [6, 6.07) is 1.62. The summed E-state index contributed by atoms with van der Waals surface area (Å²) >= 11 is 0. The minimum absolute atomic E-state index is 0.00745. The van der Waals surface area contributed by atoms with Gasteiger partial charge in [-0.3, -0.25) is 0 Å². The van der Waals surface area contributed by atoms with E-state index >= 15 is 0 Å². The minimum Gasteiger partial charge on any atom is -0.493 e. The SMILES string of the molecule is CCOC(=O)c1cnc2ccnn2c1O. The van der Waals surface area contributed by atoms with Crippen molar-refractivity contribution in [2.45, 2.75) is 6.92 Å². The lowest BCUT2D eigenvalue weighted by Gasteiger charge is -2.04. The molecule has 0 spiro atoms. The highest BCUT2D eigenvalue weighted by Crippen LogP contribution is 2.17. The third-order valence-electron chi connectivity index (χ3n) is 1.89. The molecule has 0 saturated carbocycles. The van der Waals surface area contributed by atoms with Gasteiger partial charge in [0.05, 0.1) is 12.8 Å². The van der Waals surface area contributed by atoms with Crippen molar-refractivity contribution in [3.05, 3.63) is 24.0 Å². The van der Waals surface area contributed by atoms with Crippen LogP contribution in [-0.2, 0) is 4.74 Å². The molecule has 0 atom stereocenters. The first kappa shape index (κ1) is 9.45. The second-order valence-electron chi connectivity index (χ2n) is 2.82. The Morgan fingerprint density at radius 3 is 3.20 bits per heavy atom. The molecule has 0 aromatic carbocycles. The van der Waals surface area contributed by atoms with Crippen molar-refractivity contribution in [3.63, 3.8) is 0 Å². The molecule has 0 radical (unpaired) electrons. The average molecular weight is 207 g/mol. The lowest BCUT2D eigenvalue weighted by Crippen LogP contribution is -2.08. The van der Waals surface area contributed by atoms with Crippen molar-refractivity contribution in [1.29, 1.82) is 0 Å². The number of fused-ring (bicyclic) bond motifs is 1. The summed E-state index contributed by atoms with van der Waals surface area (Å²) in [5, 5.41) is 13.5. The Morgan fingerprint density at radius 2 is 2.47 bits per heavy atom. The number of ether oxygens (including phenoxy) is 1. The molecule has 2 rings (SSSR count). The highest BCUT2D eigenvalue weighted by Gasteiger charge is 2.16. The standard InChI is InChI=1S/C9H9N3O3/c1-2-15-9(14)6-5-10-7-3-4-11-12(7)8(6)13/h3-5,13H,2H2,1H3. The Bertz CT molecular complexity index is 506. The molecule has 0 aliphatic rings. The van der Waals surface area contributed by atoms with Crippen LogP contribution in [0.1, 0.15) is 17.3 Å². The van der Waals surface area contributed by atoms with Crippen LogP contribution in [0.25, 0.3) is 5.65 Å². The molecule has 0 unspecified atom stereocenters. The molecule has 2 aromatic rings. The van der Waals surface area contributed by atoms with E-state index in [0.717, 1.165) is 0 Å². The molecule has 78 valence electrons. The van der Waals surface area contributed by atoms with E-state index in [-0.39, 0.29) is 18.1 Å². The minimum atomic E-state index is -0.611. The molecule has 0 aliphatic heterocycles. The van der Waals surface area contributed by atoms with Gasteiger partial charge >= 0.3 is 5.97 Å². The highest BCUT2D eigenvalue weighted by molar-refractivity contribution is 5.91. The first-order valence-electron chi connectivity index (χ1n) is 4.43. The van der Waals surface area contributed by atoms with Crippen LogP contribution < -0.4 is 0 Å². The van der Waals surface area contributed by atoms with Gasteiger partial charge in [0.25, 0.3) is 0 Å². The molecule has 1 N–H and O–H groups in total. The van der Waals surface area contributed by atoms with Crippen molar-refractivity contribution in [2.24, 2.45) is 0 Å². The first-order chi connectivity index (χ1) is 7.24. The molecule has 6 heteroatoms. The van der Waals surface area contributed by atoms with E-state index in [9.17, 15) is 9.90 Å². The van der Waals surface area contributed by atoms with Crippen LogP contribution in [0.3, 0.4) is 0 Å². The third kappa shape index (κ3) is 1.50. The number of aromatic hydroxyl groups is 1. The van der Waals surface area contributed by atoms with Gasteiger partial charge in [0.1, 0.15) is 5.56 Å². The van der Waals surface area contributed by atoms with Gasteiger partial charge < -0.3 is 9.84 Å². The molecule has 6 nitrogen and oxygen atoms in total. The van der Waals surface area contributed by atoms with Crippen LogP contribution in [-0.4, -0.2) is 32.3 Å². The molecular weight excluding hydrogens is 198 g/mol. The van der Waals surface area contributed by atoms with Gasteiger partial charge in [-0.25, -0.2) is 9.78 Å². The number of esters is 1. The number of rotatable bonds is 2. The monoisotopic (exact) mass is 207 g/mol. The van der Waals surface area contributed by atoms with Crippen LogP contribution in [0.15, 0.2) is 18.5 Å². The Labute approximate surface area is 85.1 Å². The second kappa shape index (κ2) is 3.56. The van der Waals surface area contributed by atoms with E-state index in [2.05, 4.69) is 10.1 Å². The zero-order valence-electron chi connectivity index (χ0n) is 8.04. The molecule has 0 bridgehead atoms. The van der Waals surface area contributed by atoms with Gasteiger partial charge in [0, 0.05) is 12.3 Å². The third-order valence-corrected chi connectivity index (χ3v) is 1.89. The smallest absolute Gasteiger partial charge is 0.345 e. The van der Waals surface area contributed by atoms with Gasteiger partial charge in [0.2, 0.25) is 5.88 Å². The zero-order chi connectivity index (χ0) is 10.8. The van der Waals surface area contributed by atoms with E-state index in [1.165, 1.54) is 16.9 Å². The Kier molecular flexibility index (Phi) is 2.24. The van der Waals surface area contributed by atoms with Gasteiger partial charge in [-0.1, -0.05) is 0 Å². The van der Waals surface area contributed by atoms with Gasteiger partial charge in [-0.2, -0.15) is 9.61 Å². The lowest BCUT2D eigenvalue weighted by atomic mass is 10.3. The molecule has 0 fully saturated rings. The Morgan fingerprint density at radius 1 is 1.67 bits per heavy atom. The van der Waals surface area contributed by atoms with E-state index < -0.39 is 5.97 Å². The van der Waals surface area contributed by atoms with Gasteiger partial charge in [-0.15, -0.1) is 0 Å². The summed E-state index contributed by atoms with van der Waals surface area (Å²) in [6.45, 7) is 1.93. The van der Waals surface area contributed by atoms with E-state index in [4.69, 9.17) is 4.74 Å². The summed E-state index contributed by atoms with van der Waals surface area (Å²) in [5.41, 5.74) is 0.480. The number of carbonyl (C=O) groups excluding carboxylic acids is 1. The topological polar surface area (TPSA) is 76.7 Å². The van der Waals surface area contributed by atoms with Crippen LogP contribution >= 0.6 is 0 Å². The molecule has 2 aromatic heterocycles. The van der Waals surface area contributed by atoms with Crippen molar-refractivity contribution in [3.8, 4) is 5.88 Å². The van der Waals surface area contributed by atoms with E-state index in [1.54, 1.807) is 13.0 Å². The van der Waals surface area contributed by atoms with Crippen molar-refractivity contribution in [2.75, 3.05) is 6.61 Å². The summed E-state index contributed by atoms with van der Waals surface area (Å²) < 4.78 is 5.93. The summed E-state index contributed by atoms with van der Waals surface area (Å²) in [7, 11) is 0. The molecule has 0 saturated heterocycles. The normalized spacial score (nSPS) is 10.5. The highest BCUT2D eigenvalue weighted by atomic mass is 16.5. The van der Waals surface area contributed by atoms with Gasteiger partial charge in [0.15, 0.2) is 5.65 Å². The van der Waals surface area contributed by atoms with E-state index in [0.29, 0.717) is 5.65 Å². The van der Waals surface area contributed by atoms with Gasteiger partial charge in [-0.05, 0) is 6.92 Å². The predicted molar refractivity (Wildman–Crippen MR) is 50.6 cm³/mol. The Balaban J connectivity index is 2.52. The second-order valence-corrected chi connectivity index (χ2v) is 2.82. The lowest BCUT2D eigenvalue weighted by molar-refractivity contribution is 0.0521. The summed E-state index contributed by atoms with van der Waals surface area (Å²) in [4.78, 5) is 15.3. The molecule has 0 aliphatic carbocycles. The fourth-order valence-electron chi connectivity index (χ4n) is 1.21. The van der Waals surface area contributed by atoms with Crippen molar-refractivity contribution >= 4 is 11.6 Å².